The van der Waals surface area contributed by atoms with E-state index in [1.807, 2.05) is 0 Å². The molecule has 0 aromatic rings. The molecule has 2 atom stereocenters. The van der Waals surface area contributed by atoms with Gasteiger partial charge in [0.1, 0.15) is 0 Å². The van der Waals surface area contributed by atoms with Gasteiger partial charge in [0.05, 0.1) is 6.04 Å². The van der Waals surface area contributed by atoms with Crippen LogP contribution in [0.3, 0.4) is 0 Å². The van der Waals surface area contributed by atoms with Crippen molar-refractivity contribution in [3.8, 4) is 0 Å². The Morgan fingerprint density at radius 3 is 2.87 bits per heavy atom. The highest BCUT2D eigenvalue weighted by atomic mass is 16.1. The third-order valence-corrected chi connectivity index (χ3v) is 3.32. The van der Waals surface area contributed by atoms with Gasteiger partial charge in [0, 0.05) is 0 Å². The van der Waals surface area contributed by atoms with Crippen molar-refractivity contribution >= 4 is 5.91 Å². The van der Waals surface area contributed by atoms with E-state index in [1.54, 1.807) is 0 Å². The molecule has 3 heteroatoms. The van der Waals surface area contributed by atoms with Crippen LogP contribution in [0.2, 0.25) is 0 Å². The van der Waals surface area contributed by atoms with Gasteiger partial charge in [0.25, 0.3) is 0 Å². The molecule has 3 nitrogen and oxygen atoms in total. The van der Waals surface area contributed by atoms with Crippen LogP contribution in [0.15, 0.2) is 0 Å². The van der Waals surface area contributed by atoms with Gasteiger partial charge < -0.3 is 11.1 Å². The number of carbonyl (C=O) groups is 1. The minimum atomic E-state index is -0.187. The lowest BCUT2D eigenvalue weighted by Crippen LogP contribution is -2.46. The maximum Gasteiger partial charge on any atom is 0.234 e. The average Bonchev–Trinajstić information content (AvgIpc) is 2.25. The summed E-state index contributed by atoms with van der Waals surface area (Å²) in [6.45, 7) is 3.18. The zero-order valence-corrected chi connectivity index (χ0v) is 9.80. The first-order chi connectivity index (χ1) is 7.24. The fraction of sp³-hybridized carbons (Fsp3) is 0.917. The average molecular weight is 212 g/mol. The standard InChI is InChI=1S/C12H24N2O/c1-2-3-4-5-6-10-7-8-14-11(9-10)12(13)15/h10-11,14H,2-9H2,1H3,(H2,13,15)/t10-,11+/m1/s1. The summed E-state index contributed by atoms with van der Waals surface area (Å²) in [6, 6.07) is -0.0741. The van der Waals surface area contributed by atoms with E-state index < -0.39 is 0 Å². The summed E-state index contributed by atoms with van der Waals surface area (Å²) in [5.74, 6) is 0.522. The van der Waals surface area contributed by atoms with Gasteiger partial charge in [-0.25, -0.2) is 0 Å². The first kappa shape index (κ1) is 12.5. The van der Waals surface area contributed by atoms with Crippen LogP contribution in [0.4, 0.5) is 0 Å². The molecule has 88 valence electrons. The number of amides is 1. The number of carbonyl (C=O) groups excluding carboxylic acids is 1. The highest BCUT2D eigenvalue weighted by Gasteiger charge is 2.24. The number of unbranched alkanes of at least 4 members (excludes halogenated alkanes) is 3. The van der Waals surface area contributed by atoms with E-state index in [4.69, 9.17) is 5.73 Å². The van der Waals surface area contributed by atoms with Crippen LogP contribution in [0.5, 0.6) is 0 Å². The van der Waals surface area contributed by atoms with E-state index in [0.29, 0.717) is 5.92 Å². The van der Waals surface area contributed by atoms with Crippen LogP contribution >= 0.6 is 0 Å². The molecule has 1 saturated heterocycles. The van der Waals surface area contributed by atoms with Gasteiger partial charge >= 0.3 is 0 Å². The largest absolute Gasteiger partial charge is 0.368 e. The molecule has 0 bridgehead atoms. The fourth-order valence-electron chi connectivity index (χ4n) is 2.33. The molecule has 1 aliphatic heterocycles. The monoisotopic (exact) mass is 212 g/mol. The van der Waals surface area contributed by atoms with E-state index in [1.165, 1.54) is 38.5 Å². The molecule has 0 aromatic heterocycles. The molecule has 0 radical (unpaired) electrons. The number of nitrogens with two attached hydrogens (primary N) is 1. The van der Waals surface area contributed by atoms with Gasteiger partial charge in [-0.05, 0) is 25.3 Å². The Morgan fingerprint density at radius 1 is 1.40 bits per heavy atom. The Balaban J connectivity index is 2.15. The number of piperidine rings is 1. The van der Waals surface area contributed by atoms with Crippen LogP contribution in [-0.4, -0.2) is 18.5 Å². The lowest BCUT2D eigenvalue weighted by Gasteiger charge is -2.28. The number of nitrogens with one attached hydrogen (secondary N) is 1. The Bertz CT molecular complexity index is 194. The molecule has 0 unspecified atom stereocenters. The lowest BCUT2D eigenvalue weighted by molar-refractivity contribution is -0.120. The van der Waals surface area contributed by atoms with Crippen LogP contribution in [-0.2, 0) is 4.79 Å². The maximum atomic E-state index is 11.0. The molecule has 1 rings (SSSR count). The molecule has 1 heterocycles. The maximum absolute atomic E-state index is 11.0. The van der Waals surface area contributed by atoms with Crippen LogP contribution < -0.4 is 11.1 Å². The summed E-state index contributed by atoms with van der Waals surface area (Å²) < 4.78 is 0. The molecule has 3 N–H and O–H groups in total. The van der Waals surface area contributed by atoms with Crippen molar-refractivity contribution in [2.75, 3.05) is 6.54 Å². The zero-order valence-electron chi connectivity index (χ0n) is 9.80. The topological polar surface area (TPSA) is 55.1 Å². The van der Waals surface area contributed by atoms with Gasteiger partial charge in [-0.1, -0.05) is 39.0 Å². The van der Waals surface area contributed by atoms with E-state index in [2.05, 4.69) is 12.2 Å². The molecule has 0 spiro atoms. The van der Waals surface area contributed by atoms with Crippen molar-refractivity contribution in [1.29, 1.82) is 0 Å². The van der Waals surface area contributed by atoms with Crippen molar-refractivity contribution in [3.05, 3.63) is 0 Å². The number of primary amides is 1. The van der Waals surface area contributed by atoms with Crippen molar-refractivity contribution in [2.24, 2.45) is 11.7 Å². The molecule has 15 heavy (non-hydrogen) atoms. The van der Waals surface area contributed by atoms with E-state index >= 15 is 0 Å². The minimum Gasteiger partial charge on any atom is -0.368 e. The second kappa shape index (κ2) is 6.83. The Hall–Kier alpha value is -0.570. The highest BCUT2D eigenvalue weighted by molar-refractivity contribution is 5.79. The second-order valence-electron chi connectivity index (χ2n) is 4.65. The molecule has 1 fully saturated rings. The molecular formula is C12H24N2O. The summed E-state index contributed by atoms with van der Waals surface area (Å²) in [7, 11) is 0. The smallest absolute Gasteiger partial charge is 0.234 e. The summed E-state index contributed by atoms with van der Waals surface area (Å²) in [4.78, 5) is 11.0. The number of hydrogen-bond acceptors (Lipinski definition) is 2. The van der Waals surface area contributed by atoms with Crippen LogP contribution in [0.1, 0.15) is 51.9 Å². The van der Waals surface area contributed by atoms with Gasteiger partial charge in [-0.15, -0.1) is 0 Å². The van der Waals surface area contributed by atoms with Gasteiger partial charge in [0.2, 0.25) is 5.91 Å². The van der Waals surface area contributed by atoms with Gasteiger partial charge in [-0.2, -0.15) is 0 Å². The van der Waals surface area contributed by atoms with Crippen molar-refractivity contribution < 1.29 is 4.79 Å². The van der Waals surface area contributed by atoms with Crippen molar-refractivity contribution in [2.45, 2.75) is 57.9 Å². The first-order valence-electron chi connectivity index (χ1n) is 6.26. The fourth-order valence-corrected chi connectivity index (χ4v) is 2.33. The van der Waals surface area contributed by atoms with E-state index in [9.17, 15) is 4.79 Å². The van der Waals surface area contributed by atoms with Crippen LogP contribution in [0.25, 0.3) is 0 Å². The Labute approximate surface area is 92.8 Å². The summed E-state index contributed by atoms with van der Waals surface area (Å²) in [5.41, 5.74) is 5.30. The number of hydrogen-bond donors (Lipinski definition) is 2. The molecule has 0 saturated carbocycles. The molecule has 1 aliphatic rings. The molecule has 1 amide bonds. The Morgan fingerprint density at radius 2 is 2.20 bits per heavy atom. The third-order valence-electron chi connectivity index (χ3n) is 3.32. The predicted molar refractivity (Wildman–Crippen MR) is 62.5 cm³/mol. The predicted octanol–water partition coefficient (Wildman–Crippen LogP) is 1.81. The normalized spacial score (nSPS) is 26.5. The van der Waals surface area contributed by atoms with Gasteiger partial charge in [-0.3, -0.25) is 4.79 Å². The minimum absolute atomic E-state index is 0.0741. The van der Waals surface area contributed by atoms with Gasteiger partial charge in [0.15, 0.2) is 0 Å². The molecular weight excluding hydrogens is 188 g/mol. The summed E-state index contributed by atoms with van der Waals surface area (Å²) in [5, 5.41) is 3.18. The zero-order chi connectivity index (χ0) is 11.1. The third kappa shape index (κ3) is 4.65. The van der Waals surface area contributed by atoms with Crippen molar-refractivity contribution in [3.63, 3.8) is 0 Å². The van der Waals surface area contributed by atoms with Crippen molar-refractivity contribution in [1.82, 2.24) is 5.32 Å². The molecule has 0 aliphatic carbocycles. The summed E-state index contributed by atoms with van der Waals surface area (Å²) in [6.07, 6.45) is 8.69. The van der Waals surface area contributed by atoms with E-state index in [-0.39, 0.29) is 11.9 Å². The first-order valence-corrected chi connectivity index (χ1v) is 6.26. The lowest BCUT2D eigenvalue weighted by atomic mass is 9.88. The highest BCUT2D eigenvalue weighted by Crippen LogP contribution is 2.22. The van der Waals surface area contributed by atoms with Crippen LogP contribution in [0, 0.1) is 5.92 Å². The second-order valence-corrected chi connectivity index (χ2v) is 4.65. The summed E-state index contributed by atoms with van der Waals surface area (Å²) >= 11 is 0. The molecule has 0 aromatic carbocycles. The number of rotatable bonds is 6. The quantitative estimate of drug-likeness (QED) is 0.660. The van der Waals surface area contributed by atoms with E-state index in [0.717, 1.165) is 13.0 Å². The SMILES string of the molecule is CCCCCC[C@@H]1CCN[C@H](C(N)=O)C1. The Kier molecular flexibility index (Phi) is 5.69.